The Morgan fingerprint density at radius 3 is 2.67 bits per heavy atom. The number of hydrogen-bond donors (Lipinski definition) is 3. The lowest BCUT2D eigenvalue weighted by Gasteiger charge is -2.21. The van der Waals surface area contributed by atoms with Gasteiger partial charge in [-0.3, -0.25) is 5.21 Å². The molecule has 0 spiro atoms. The third kappa shape index (κ3) is 1.90. The number of aromatic amines is 2. The van der Waals surface area contributed by atoms with E-state index in [1.54, 1.807) is 6.07 Å². The summed E-state index contributed by atoms with van der Waals surface area (Å²) >= 11 is 9.96. The van der Waals surface area contributed by atoms with E-state index in [4.69, 9.17) is 29.6 Å². The van der Waals surface area contributed by atoms with Gasteiger partial charge in [0.1, 0.15) is 4.64 Å². The Kier molecular flexibility index (Phi) is 2.53. The predicted octanol–water partition coefficient (Wildman–Crippen LogP) is 2.65. The standard InChI is InChI=1S/C8H6N3O2S2/c12-11(13)4-1-2-6-5(3-4)7(14)10-8(15)9-6/h1-3,12H,(H2,9,10,14,15)/q-1. The number of hydrogen-bond acceptors (Lipinski definition) is 5. The van der Waals surface area contributed by atoms with Gasteiger partial charge in [0.15, 0.2) is 4.77 Å². The molecule has 0 unspecified atom stereocenters. The molecule has 2 aromatic rings. The zero-order chi connectivity index (χ0) is 11.0. The number of anilines is 1. The molecule has 0 saturated carbocycles. The summed E-state index contributed by atoms with van der Waals surface area (Å²) in [6, 6.07) is 4.58. The molecule has 0 radical (unpaired) electrons. The summed E-state index contributed by atoms with van der Waals surface area (Å²) in [5.41, 5.74) is 0.835. The van der Waals surface area contributed by atoms with Gasteiger partial charge in [-0.2, -0.15) is 0 Å². The fourth-order valence-corrected chi connectivity index (χ4v) is 1.82. The molecule has 78 valence electrons. The third-order valence-electron chi connectivity index (χ3n) is 1.94. The lowest BCUT2D eigenvalue weighted by atomic mass is 10.2. The summed E-state index contributed by atoms with van der Waals surface area (Å²) in [6.07, 6.45) is 0. The van der Waals surface area contributed by atoms with Gasteiger partial charge in [-0.1, -0.05) is 12.2 Å². The molecule has 0 fully saturated rings. The first-order valence-electron chi connectivity index (χ1n) is 4.00. The van der Waals surface area contributed by atoms with E-state index in [9.17, 15) is 5.21 Å². The summed E-state index contributed by atoms with van der Waals surface area (Å²) in [7, 11) is 0. The maximum absolute atomic E-state index is 10.7. The second-order valence-corrected chi connectivity index (χ2v) is 3.73. The topological polar surface area (TPSA) is 78.1 Å². The van der Waals surface area contributed by atoms with E-state index in [2.05, 4.69) is 9.97 Å². The number of nitrogens with one attached hydrogen (secondary N) is 2. The van der Waals surface area contributed by atoms with E-state index in [1.165, 1.54) is 12.1 Å². The molecule has 0 amide bonds. The van der Waals surface area contributed by atoms with Crippen LogP contribution in [0.5, 0.6) is 0 Å². The number of fused-ring (bicyclic) bond motifs is 1. The van der Waals surface area contributed by atoms with Gasteiger partial charge in [-0.25, -0.2) is 0 Å². The van der Waals surface area contributed by atoms with Crippen LogP contribution in [0.15, 0.2) is 18.2 Å². The van der Waals surface area contributed by atoms with E-state index < -0.39 is 0 Å². The van der Waals surface area contributed by atoms with Gasteiger partial charge in [0.05, 0.1) is 11.2 Å². The molecular formula is C8H6N3O2S2-. The minimum Gasteiger partial charge on any atom is -0.733 e. The maximum atomic E-state index is 10.7. The Labute approximate surface area is 94.5 Å². The van der Waals surface area contributed by atoms with E-state index >= 15 is 0 Å². The average Bonchev–Trinajstić information content (AvgIpc) is 2.16. The zero-order valence-electron chi connectivity index (χ0n) is 7.35. The van der Waals surface area contributed by atoms with Crippen LogP contribution in [0.3, 0.4) is 0 Å². The SMILES string of the molecule is [O-]N(O)c1ccc2[nH]c(=S)[nH]c(=S)c2c1. The summed E-state index contributed by atoms with van der Waals surface area (Å²) in [4.78, 5) is 5.64. The van der Waals surface area contributed by atoms with Gasteiger partial charge in [0.2, 0.25) is 0 Å². The Balaban J connectivity index is 2.83. The molecule has 7 heteroatoms. The van der Waals surface area contributed by atoms with Gasteiger partial charge in [0.25, 0.3) is 0 Å². The zero-order valence-corrected chi connectivity index (χ0v) is 8.98. The van der Waals surface area contributed by atoms with Crippen molar-refractivity contribution in [1.29, 1.82) is 0 Å². The quantitative estimate of drug-likeness (QED) is 0.527. The number of rotatable bonds is 1. The first-order chi connectivity index (χ1) is 7.08. The first kappa shape index (κ1) is 10.2. The van der Waals surface area contributed by atoms with Crippen molar-refractivity contribution in [3.05, 3.63) is 32.8 Å². The molecule has 0 saturated heterocycles. The monoisotopic (exact) mass is 240 g/mol. The maximum Gasteiger partial charge on any atom is 0.175 e. The molecule has 1 heterocycles. The van der Waals surface area contributed by atoms with Crippen LogP contribution in [0, 0.1) is 14.6 Å². The van der Waals surface area contributed by atoms with E-state index in [0.29, 0.717) is 20.3 Å². The van der Waals surface area contributed by atoms with E-state index in [0.717, 1.165) is 0 Å². The second kappa shape index (κ2) is 3.70. The number of benzene rings is 1. The van der Waals surface area contributed by atoms with Crippen LogP contribution in [0.4, 0.5) is 5.69 Å². The first-order valence-corrected chi connectivity index (χ1v) is 4.82. The van der Waals surface area contributed by atoms with Crippen LogP contribution in [-0.2, 0) is 0 Å². The van der Waals surface area contributed by atoms with Crippen LogP contribution in [0.2, 0.25) is 0 Å². The summed E-state index contributed by atoms with van der Waals surface area (Å²) in [5.74, 6) is 0. The molecule has 0 aliphatic rings. The fourth-order valence-electron chi connectivity index (χ4n) is 1.27. The fraction of sp³-hybridized carbons (Fsp3) is 0. The van der Waals surface area contributed by atoms with Crippen molar-refractivity contribution in [3.63, 3.8) is 0 Å². The van der Waals surface area contributed by atoms with Gasteiger partial charge in [0, 0.05) is 5.39 Å². The second-order valence-electron chi connectivity index (χ2n) is 2.91. The number of nitrogens with zero attached hydrogens (tertiary/aromatic N) is 1. The molecular weight excluding hydrogens is 234 g/mol. The van der Waals surface area contributed by atoms with E-state index in [1.807, 2.05) is 0 Å². The number of H-pyrrole nitrogens is 2. The highest BCUT2D eigenvalue weighted by Crippen LogP contribution is 2.19. The molecule has 2 rings (SSSR count). The van der Waals surface area contributed by atoms with Gasteiger partial charge < -0.3 is 20.4 Å². The molecule has 0 aliphatic heterocycles. The molecule has 0 aliphatic carbocycles. The summed E-state index contributed by atoms with van der Waals surface area (Å²) in [5, 5.41) is 19.8. The molecule has 15 heavy (non-hydrogen) atoms. The normalized spacial score (nSPS) is 10.5. The smallest absolute Gasteiger partial charge is 0.175 e. The van der Waals surface area contributed by atoms with Gasteiger partial charge >= 0.3 is 0 Å². The van der Waals surface area contributed by atoms with Crippen molar-refractivity contribution in [1.82, 2.24) is 9.97 Å². The average molecular weight is 240 g/mol. The van der Waals surface area contributed by atoms with Gasteiger partial charge in [-0.15, -0.1) is 0 Å². The highest BCUT2D eigenvalue weighted by Gasteiger charge is 1.99. The largest absolute Gasteiger partial charge is 0.733 e. The van der Waals surface area contributed by atoms with Crippen LogP contribution in [-0.4, -0.2) is 15.2 Å². The molecule has 0 bridgehead atoms. The summed E-state index contributed by atoms with van der Waals surface area (Å²) < 4.78 is 0.848. The summed E-state index contributed by atoms with van der Waals surface area (Å²) in [6.45, 7) is 0. The highest BCUT2D eigenvalue weighted by atomic mass is 32.1. The van der Waals surface area contributed by atoms with Crippen molar-refractivity contribution in [3.8, 4) is 0 Å². The Hall–Kier alpha value is -1.28. The minimum atomic E-state index is -0.212. The number of aromatic nitrogens is 2. The lowest BCUT2D eigenvalue weighted by molar-refractivity contribution is 0.296. The van der Waals surface area contributed by atoms with E-state index in [-0.39, 0.29) is 10.9 Å². The van der Waals surface area contributed by atoms with Crippen LogP contribution in [0.25, 0.3) is 10.9 Å². The van der Waals surface area contributed by atoms with Crippen LogP contribution in [0.1, 0.15) is 0 Å². The van der Waals surface area contributed by atoms with Crippen LogP contribution < -0.4 is 5.23 Å². The van der Waals surface area contributed by atoms with Crippen molar-refractivity contribution in [2.24, 2.45) is 0 Å². The predicted molar refractivity (Wildman–Crippen MR) is 61.9 cm³/mol. The van der Waals surface area contributed by atoms with Crippen LogP contribution >= 0.6 is 24.4 Å². The molecule has 1 aromatic heterocycles. The van der Waals surface area contributed by atoms with Crippen molar-refractivity contribution >= 4 is 41.0 Å². The molecule has 1 aromatic carbocycles. The van der Waals surface area contributed by atoms with Gasteiger partial charge in [-0.05, 0) is 30.4 Å². The van der Waals surface area contributed by atoms with Crippen molar-refractivity contribution < 1.29 is 5.21 Å². The van der Waals surface area contributed by atoms with Crippen molar-refractivity contribution in [2.45, 2.75) is 0 Å². The minimum absolute atomic E-state index is 0.118. The lowest BCUT2D eigenvalue weighted by Crippen LogP contribution is -2.06. The van der Waals surface area contributed by atoms with Crippen molar-refractivity contribution in [2.75, 3.05) is 5.23 Å². The Morgan fingerprint density at radius 2 is 2.00 bits per heavy atom. The molecule has 3 N–H and O–H groups in total. The molecule has 0 atom stereocenters. The Morgan fingerprint density at radius 1 is 1.27 bits per heavy atom. The third-order valence-corrected chi connectivity index (χ3v) is 2.47. The highest BCUT2D eigenvalue weighted by molar-refractivity contribution is 7.72. The Bertz CT molecular complexity index is 617. The molecule has 5 nitrogen and oxygen atoms in total.